The van der Waals surface area contributed by atoms with Crippen LogP contribution >= 0.6 is 0 Å². The number of hydrogen-bond donors (Lipinski definition) is 2. The Bertz CT molecular complexity index is 697. The number of amides is 2. The standard InChI is InChI=1S/C19H26N2O6/c1-12(22)21-8-6-13(7-9-21)19(25)20-15(11-18(23)24)14-4-5-16(26-2)17(10-14)27-3/h4-5,10,13,15H,6-9,11H2,1-3H3,(H,20,25)(H,23,24). The van der Waals surface area contributed by atoms with Crippen molar-refractivity contribution in [3.63, 3.8) is 0 Å². The van der Waals surface area contributed by atoms with Gasteiger partial charge >= 0.3 is 5.97 Å². The number of ether oxygens (including phenoxy) is 2. The molecular formula is C19H26N2O6. The highest BCUT2D eigenvalue weighted by Gasteiger charge is 2.28. The van der Waals surface area contributed by atoms with E-state index in [9.17, 15) is 19.5 Å². The Labute approximate surface area is 158 Å². The van der Waals surface area contributed by atoms with Crippen LogP contribution in [0.4, 0.5) is 0 Å². The second-order valence-electron chi connectivity index (χ2n) is 6.55. The fraction of sp³-hybridized carbons (Fsp3) is 0.526. The Kier molecular flexibility index (Phi) is 7.04. The van der Waals surface area contributed by atoms with E-state index >= 15 is 0 Å². The van der Waals surface area contributed by atoms with Crippen LogP contribution < -0.4 is 14.8 Å². The van der Waals surface area contributed by atoms with E-state index < -0.39 is 12.0 Å². The number of aliphatic carboxylic acids is 1. The predicted molar refractivity (Wildman–Crippen MR) is 97.7 cm³/mol. The zero-order valence-electron chi connectivity index (χ0n) is 15.9. The average Bonchev–Trinajstić information content (AvgIpc) is 2.66. The Morgan fingerprint density at radius 1 is 1.19 bits per heavy atom. The lowest BCUT2D eigenvalue weighted by Crippen LogP contribution is -2.43. The predicted octanol–water partition coefficient (Wildman–Crippen LogP) is 1.59. The van der Waals surface area contributed by atoms with Gasteiger partial charge in [-0.05, 0) is 30.5 Å². The number of carboxylic acid groups (broad SMARTS) is 1. The van der Waals surface area contributed by atoms with E-state index in [1.54, 1.807) is 23.1 Å². The fourth-order valence-corrected chi connectivity index (χ4v) is 3.24. The van der Waals surface area contributed by atoms with E-state index in [0.29, 0.717) is 43.0 Å². The minimum atomic E-state index is -1.01. The van der Waals surface area contributed by atoms with Crippen molar-refractivity contribution in [1.29, 1.82) is 0 Å². The Morgan fingerprint density at radius 2 is 1.81 bits per heavy atom. The lowest BCUT2D eigenvalue weighted by molar-refractivity contribution is -0.138. The molecule has 1 aromatic carbocycles. The fourth-order valence-electron chi connectivity index (χ4n) is 3.24. The molecule has 148 valence electrons. The third kappa shape index (κ3) is 5.35. The molecule has 1 aromatic rings. The van der Waals surface area contributed by atoms with Crippen LogP contribution in [0.3, 0.4) is 0 Å². The lowest BCUT2D eigenvalue weighted by Gasteiger charge is -2.31. The maximum Gasteiger partial charge on any atom is 0.305 e. The largest absolute Gasteiger partial charge is 0.493 e. The highest BCUT2D eigenvalue weighted by atomic mass is 16.5. The van der Waals surface area contributed by atoms with Crippen LogP contribution in [0.5, 0.6) is 11.5 Å². The molecule has 0 bridgehead atoms. The summed E-state index contributed by atoms with van der Waals surface area (Å²) in [5.41, 5.74) is 0.629. The minimum Gasteiger partial charge on any atom is -0.493 e. The molecular weight excluding hydrogens is 352 g/mol. The first-order valence-corrected chi connectivity index (χ1v) is 8.85. The maximum atomic E-state index is 12.7. The highest BCUT2D eigenvalue weighted by molar-refractivity contribution is 5.81. The first-order chi connectivity index (χ1) is 12.8. The number of likely N-dealkylation sites (tertiary alicyclic amines) is 1. The van der Waals surface area contributed by atoms with Gasteiger partial charge in [-0.25, -0.2) is 0 Å². The molecule has 8 nitrogen and oxygen atoms in total. The van der Waals surface area contributed by atoms with Gasteiger partial charge in [-0.15, -0.1) is 0 Å². The van der Waals surface area contributed by atoms with Crippen LogP contribution in [0.25, 0.3) is 0 Å². The second-order valence-corrected chi connectivity index (χ2v) is 6.55. The van der Waals surface area contributed by atoms with Crippen molar-refractivity contribution in [2.75, 3.05) is 27.3 Å². The number of methoxy groups -OCH3 is 2. The van der Waals surface area contributed by atoms with Crippen LogP contribution in [0.2, 0.25) is 0 Å². The maximum absolute atomic E-state index is 12.7. The molecule has 1 unspecified atom stereocenters. The molecule has 0 saturated carbocycles. The molecule has 2 rings (SSSR count). The molecule has 0 aromatic heterocycles. The number of rotatable bonds is 7. The first kappa shape index (κ1) is 20.5. The van der Waals surface area contributed by atoms with Crippen LogP contribution in [0, 0.1) is 5.92 Å². The van der Waals surface area contributed by atoms with Gasteiger partial charge in [0.2, 0.25) is 11.8 Å². The van der Waals surface area contributed by atoms with Gasteiger partial charge in [0.25, 0.3) is 0 Å². The van der Waals surface area contributed by atoms with Crippen LogP contribution in [-0.4, -0.2) is 55.1 Å². The van der Waals surface area contributed by atoms with E-state index in [0.717, 1.165) is 0 Å². The molecule has 1 fully saturated rings. The molecule has 1 aliphatic rings. The molecule has 27 heavy (non-hydrogen) atoms. The average molecular weight is 378 g/mol. The van der Waals surface area contributed by atoms with Gasteiger partial charge in [0.15, 0.2) is 11.5 Å². The molecule has 1 saturated heterocycles. The summed E-state index contributed by atoms with van der Waals surface area (Å²) < 4.78 is 10.5. The summed E-state index contributed by atoms with van der Waals surface area (Å²) in [5, 5.41) is 12.1. The van der Waals surface area contributed by atoms with E-state index in [-0.39, 0.29) is 24.2 Å². The highest BCUT2D eigenvalue weighted by Crippen LogP contribution is 2.31. The SMILES string of the molecule is COc1ccc(C(CC(=O)O)NC(=O)C2CCN(C(C)=O)CC2)cc1OC. The smallest absolute Gasteiger partial charge is 0.305 e. The summed E-state index contributed by atoms with van der Waals surface area (Å²) in [7, 11) is 3.01. The van der Waals surface area contributed by atoms with Crippen molar-refractivity contribution in [3.8, 4) is 11.5 Å². The Hall–Kier alpha value is -2.77. The number of nitrogens with zero attached hydrogens (tertiary/aromatic N) is 1. The normalized spacial score (nSPS) is 15.7. The number of nitrogens with one attached hydrogen (secondary N) is 1. The van der Waals surface area contributed by atoms with Gasteiger partial charge in [-0.1, -0.05) is 6.07 Å². The van der Waals surface area contributed by atoms with Crippen molar-refractivity contribution >= 4 is 17.8 Å². The van der Waals surface area contributed by atoms with E-state index in [1.165, 1.54) is 21.1 Å². The van der Waals surface area contributed by atoms with Gasteiger partial charge in [0, 0.05) is 25.9 Å². The lowest BCUT2D eigenvalue weighted by atomic mass is 9.94. The van der Waals surface area contributed by atoms with Crippen LogP contribution in [0.15, 0.2) is 18.2 Å². The number of benzene rings is 1. The van der Waals surface area contributed by atoms with Crippen LogP contribution in [-0.2, 0) is 14.4 Å². The van der Waals surface area contributed by atoms with Crippen molar-refractivity contribution in [2.24, 2.45) is 5.92 Å². The van der Waals surface area contributed by atoms with Gasteiger partial charge < -0.3 is 24.8 Å². The first-order valence-electron chi connectivity index (χ1n) is 8.85. The Morgan fingerprint density at radius 3 is 2.33 bits per heavy atom. The summed E-state index contributed by atoms with van der Waals surface area (Å²) in [4.78, 5) is 37.1. The zero-order chi connectivity index (χ0) is 20.0. The number of carbonyl (C=O) groups excluding carboxylic acids is 2. The molecule has 1 aliphatic heterocycles. The monoisotopic (exact) mass is 378 g/mol. The molecule has 0 radical (unpaired) electrons. The van der Waals surface area contributed by atoms with Crippen molar-refractivity contribution < 1.29 is 29.0 Å². The van der Waals surface area contributed by atoms with Gasteiger partial charge in [-0.2, -0.15) is 0 Å². The molecule has 1 heterocycles. The number of piperidine rings is 1. The Balaban J connectivity index is 2.11. The van der Waals surface area contributed by atoms with Crippen molar-refractivity contribution in [3.05, 3.63) is 23.8 Å². The number of hydrogen-bond acceptors (Lipinski definition) is 5. The summed E-state index contributed by atoms with van der Waals surface area (Å²) in [6.45, 7) is 2.58. The van der Waals surface area contributed by atoms with Crippen LogP contribution in [0.1, 0.15) is 37.8 Å². The molecule has 0 aliphatic carbocycles. The molecule has 8 heteroatoms. The van der Waals surface area contributed by atoms with E-state index in [1.807, 2.05) is 0 Å². The van der Waals surface area contributed by atoms with Gasteiger partial charge in [-0.3, -0.25) is 14.4 Å². The molecule has 0 spiro atoms. The number of carboxylic acids is 1. The summed E-state index contributed by atoms with van der Waals surface area (Å²) in [6, 6.07) is 4.39. The molecule has 1 atom stereocenters. The second kappa shape index (κ2) is 9.25. The van der Waals surface area contributed by atoms with Crippen molar-refractivity contribution in [1.82, 2.24) is 10.2 Å². The summed E-state index contributed by atoms with van der Waals surface area (Å²) >= 11 is 0. The zero-order valence-corrected chi connectivity index (χ0v) is 15.9. The summed E-state index contributed by atoms with van der Waals surface area (Å²) in [6.07, 6.45) is 0.891. The topological polar surface area (TPSA) is 105 Å². The third-order valence-corrected chi connectivity index (χ3v) is 4.82. The van der Waals surface area contributed by atoms with Crippen molar-refractivity contribution in [2.45, 2.75) is 32.2 Å². The minimum absolute atomic E-state index is 0.00272. The number of carbonyl (C=O) groups is 3. The van der Waals surface area contributed by atoms with Gasteiger partial charge in [0.05, 0.1) is 26.7 Å². The van der Waals surface area contributed by atoms with Gasteiger partial charge in [0.1, 0.15) is 0 Å². The quantitative estimate of drug-likeness (QED) is 0.747. The summed E-state index contributed by atoms with van der Waals surface area (Å²) in [5.74, 6) is -0.451. The molecule has 2 N–H and O–H groups in total. The van der Waals surface area contributed by atoms with E-state index in [2.05, 4.69) is 5.32 Å². The molecule has 2 amide bonds. The third-order valence-electron chi connectivity index (χ3n) is 4.82. The van der Waals surface area contributed by atoms with E-state index in [4.69, 9.17) is 9.47 Å².